The molecule has 134 valence electrons. The molecule has 2 aromatic carbocycles. The summed E-state index contributed by atoms with van der Waals surface area (Å²) in [6.45, 7) is 10.3. The first-order valence-corrected chi connectivity index (χ1v) is 9.12. The molecular formula is C22H29NO2. The van der Waals surface area contributed by atoms with E-state index in [2.05, 4.69) is 56.4 Å². The third-order valence-corrected chi connectivity index (χ3v) is 4.91. The third-order valence-electron chi connectivity index (χ3n) is 4.91. The Balaban J connectivity index is 2.00. The van der Waals surface area contributed by atoms with Gasteiger partial charge < -0.3 is 14.8 Å². The first-order valence-electron chi connectivity index (χ1n) is 9.12. The van der Waals surface area contributed by atoms with Crippen molar-refractivity contribution in [1.29, 1.82) is 0 Å². The predicted molar refractivity (Wildman–Crippen MR) is 103 cm³/mol. The van der Waals surface area contributed by atoms with Crippen molar-refractivity contribution >= 4 is 0 Å². The van der Waals surface area contributed by atoms with Gasteiger partial charge in [0.15, 0.2) is 11.5 Å². The molecule has 3 heteroatoms. The van der Waals surface area contributed by atoms with Gasteiger partial charge in [-0.15, -0.1) is 0 Å². The van der Waals surface area contributed by atoms with E-state index in [1.165, 1.54) is 22.3 Å². The molecule has 0 fully saturated rings. The van der Waals surface area contributed by atoms with E-state index in [1.54, 1.807) is 7.11 Å². The van der Waals surface area contributed by atoms with Crippen molar-refractivity contribution in [3.8, 4) is 11.5 Å². The second-order valence-corrected chi connectivity index (χ2v) is 7.61. The minimum absolute atomic E-state index is 0.173. The quantitative estimate of drug-likeness (QED) is 0.881. The van der Waals surface area contributed by atoms with Crippen LogP contribution in [0.2, 0.25) is 0 Å². The normalized spacial score (nSPS) is 17.1. The molecule has 1 aliphatic heterocycles. The van der Waals surface area contributed by atoms with Gasteiger partial charge in [0.1, 0.15) is 0 Å². The summed E-state index contributed by atoms with van der Waals surface area (Å²) in [6, 6.07) is 13.4. The second kappa shape index (κ2) is 7.09. The van der Waals surface area contributed by atoms with Gasteiger partial charge in [-0.3, -0.25) is 0 Å². The average molecular weight is 339 g/mol. The lowest BCUT2D eigenvalue weighted by Gasteiger charge is -2.30. The van der Waals surface area contributed by atoms with Crippen molar-refractivity contribution in [3.05, 3.63) is 58.7 Å². The molecule has 1 N–H and O–H groups in total. The Morgan fingerprint density at radius 1 is 1.08 bits per heavy atom. The van der Waals surface area contributed by atoms with Gasteiger partial charge in [0.05, 0.1) is 19.8 Å². The molecule has 0 aliphatic carbocycles. The summed E-state index contributed by atoms with van der Waals surface area (Å²) in [4.78, 5) is 0. The summed E-state index contributed by atoms with van der Waals surface area (Å²) in [7, 11) is 1.70. The van der Waals surface area contributed by atoms with Crippen LogP contribution in [0.25, 0.3) is 0 Å². The largest absolute Gasteiger partial charge is 0.493 e. The minimum Gasteiger partial charge on any atom is -0.493 e. The minimum atomic E-state index is 0.173. The number of fused-ring (bicyclic) bond motifs is 1. The summed E-state index contributed by atoms with van der Waals surface area (Å²) in [5.74, 6) is 1.73. The summed E-state index contributed by atoms with van der Waals surface area (Å²) < 4.78 is 11.4. The van der Waals surface area contributed by atoms with Crippen molar-refractivity contribution in [2.24, 2.45) is 0 Å². The average Bonchev–Trinajstić information content (AvgIpc) is 2.61. The van der Waals surface area contributed by atoms with Gasteiger partial charge in [0.25, 0.3) is 0 Å². The van der Waals surface area contributed by atoms with E-state index in [9.17, 15) is 0 Å². The Kier molecular flexibility index (Phi) is 5.05. The van der Waals surface area contributed by atoms with E-state index in [0.717, 1.165) is 24.5 Å². The second-order valence-electron chi connectivity index (χ2n) is 7.61. The van der Waals surface area contributed by atoms with Crippen LogP contribution in [0.3, 0.4) is 0 Å². The topological polar surface area (TPSA) is 30.5 Å². The molecule has 0 radical (unpaired) electrons. The number of rotatable bonds is 4. The first kappa shape index (κ1) is 17.8. The molecule has 3 nitrogen and oxygen atoms in total. The Bertz CT molecular complexity index is 729. The van der Waals surface area contributed by atoms with Crippen LogP contribution in [-0.4, -0.2) is 20.3 Å². The van der Waals surface area contributed by atoms with Gasteiger partial charge in [0, 0.05) is 12.1 Å². The standard InChI is InChI=1S/C22H29NO2/c1-6-25-21-18-13-14-23-20(17(18)11-12-19(21)24-5)15-7-9-16(10-8-15)22(2,3)4/h7-12,20,23H,6,13-14H2,1-5H3. The van der Waals surface area contributed by atoms with E-state index in [-0.39, 0.29) is 11.5 Å². The molecular weight excluding hydrogens is 310 g/mol. The summed E-state index contributed by atoms with van der Waals surface area (Å²) in [6.07, 6.45) is 0.957. The number of hydrogen-bond acceptors (Lipinski definition) is 3. The van der Waals surface area contributed by atoms with Crippen molar-refractivity contribution in [2.75, 3.05) is 20.3 Å². The highest BCUT2D eigenvalue weighted by atomic mass is 16.5. The lowest BCUT2D eigenvalue weighted by atomic mass is 9.84. The maximum atomic E-state index is 5.92. The highest BCUT2D eigenvalue weighted by Crippen LogP contribution is 2.40. The monoisotopic (exact) mass is 339 g/mol. The smallest absolute Gasteiger partial charge is 0.164 e. The van der Waals surface area contributed by atoms with Crippen molar-refractivity contribution < 1.29 is 9.47 Å². The van der Waals surface area contributed by atoms with E-state index in [4.69, 9.17) is 9.47 Å². The van der Waals surface area contributed by atoms with Gasteiger partial charge in [0.2, 0.25) is 0 Å². The van der Waals surface area contributed by atoms with Crippen LogP contribution >= 0.6 is 0 Å². The Labute approximate surface area is 151 Å². The van der Waals surface area contributed by atoms with E-state index < -0.39 is 0 Å². The molecule has 0 bridgehead atoms. The van der Waals surface area contributed by atoms with Crippen LogP contribution < -0.4 is 14.8 Å². The Morgan fingerprint density at radius 3 is 2.40 bits per heavy atom. The molecule has 0 saturated heterocycles. The Morgan fingerprint density at radius 2 is 1.80 bits per heavy atom. The van der Waals surface area contributed by atoms with Crippen molar-refractivity contribution in [1.82, 2.24) is 5.32 Å². The number of methoxy groups -OCH3 is 1. The zero-order chi connectivity index (χ0) is 18.0. The molecule has 2 aromatic rings. The van der Waals surface area contributed by atoms with E-state index in [0.29, 0.717) is 6.61 Å². The van der Waals surface area contributed by atoms with Crippen LogP contribution in [0.4, 0.5) is 0 Å². The first-order chi connectivity index (χ1) is 12.0. The zero-order valence-electron chi connectivity index (χ0n) is 16.0. The number of hydrogen-bond donors (Lipinski definition) is 1. The maximum absolute atomic E-state index is 5.92. The predicted octanol–water partition coefficient (Wildman–Crippen LogP) is 4.63. The van der Waals surface area contributed by atoms with Crippen LogP contribution in [0.1, 0.15) is 56.0 Å². The van der Waals surface area contributed by atoms with Crippen LogP contribution in [0.15, 0.2) is 36.4 Å². The number of ether oxygens (including phenoxy) is 2. The lowest BCUT2D eigenvalue weighted by molar-refractivity contribution is 0.305. The molecule has 1 unspecified atom stereocenters. The fourth-order valence-corrected chi connectivity index (χ4v) is 3.54. The molecule has 0 amide bonds. The molecule has 0 spiro atoms. The highest BCUT2D eigenvalue weighted by Gasteiger charge is 2.26. The van der Waals surface area contributed by atoms with Crippen LogP contribution in [0.5, 0.6) is 11.5 Å². The summed E-state index contributed by atoms with van der Waals surface area (Å²) in [5, 5.41) is 3.66. The summed E-state index contributed by atoms with van der Waals surface area (Å²) >= 11 is 0. The molecule has 25 heavy (non-hydrogen) atoms. The summed E-state index contributed by atoms with van der Waals surface area (Å²) in [5.41, 5.74) is 5.38. The maximum Gasteiger partial charge on any atom is 0.164 e. The molecule has 0 aromatic heterocycles. The number of nitrogens with one attached hydrogen (secondary N) is 1. The van der Waals surface area contributed by atoms with Gasteiger partial charge in [-0.1, -0.05) is 51.1 Å². The third kappa shape index (κ3) is 3.52. The lowest BCUT2D eigenvalue weighted by Crippen LogP contribution is -2.31. The highest BCUT2D eigenvalue weighted by molar-refractivity contribution is 5.54. The van der Waals surface area contributed by atoms with E-state index in [1.807, 2.05) is 13.0 Å². The van der Waals surface area contributed by atoms with Gasteiger partial charge >= 0.3 is 0 Å². The molecule has 1 aliphatic rings. The van der Waals surface area contributed by atoms with Gasteiger partial charge in [-0.2, -0.15) is 0 Å². The van der Waals surface area contributed by atoms with Crippen LogP contribution in [0, 0.1) is 0 Å². The van der Waals surface area contributed by atoms with Crippen molar-refractivity contribution in [3.63, 3.8) is 0 Å². The SMILES string of the molecule is CCOc1c(OC)ccc2c1CCNC2c1ccc(C(C)(C)C)cc1. The van der Waals surface area contributed by atoms with Crippen LogP contribution in [-0.2, 0) is 11.8 Å². The van der Waals surface area contributed by atoms with Crippen molar-refractivity contribution in [2.45, 2.75) is 45.6 Å². The fourth-order valence-electron chi connectivity index (χ4n) is 3.54. The Hall–Kier alpha value is -2.00. The fraction of sp³-hybridized carbons (Fsp3) is 0.455. The van der Waals surface area contributed by atoms with Gasteiger partial charge in [-0.05, 0) is 41.5 Å². The molecule has 1 atom stereocenters. The number of benzene rings is 2. The molecule has 0 saturated carbocycles. The molecule has 3 rings (SSSR count). The van der Waals surface area contributed by atoms with E-state index >= 15 is 0 Å². The molecule has 1 heterocycles. The zero-order valence-corrected chi connectivity index (χ0v) is 16.0. The van der Waals surface area contributed by atoms with Gasteiger partial charge in [-0.25, -0.2) is 0 Å².